The molecule has 1 spiro atoms. The maximum absolute atomic E-state index is 2.54. The molecule has 59 heavy (non-hydrogen) atoms. The molecule has 4 aliphatic rings. The number of anilines is 3. The highest BCUT2D eigenvalue weighted by Crippen LogP contribution is 2.65. The lowest BCUT2D eigenvalue weighted by molar-refractivity contribution is 0.660. The molecule has 8 aromatic rings. The Morgan fingerprint density at radius 3 is 1.80 bits per heavy atom. The van der Waals surface area contributed by atoms with Crippen LogP contribution in [0.4, 0.5) is 17.1 Å². The van der Waals surface area contributed by atoms with Gasteiger partial charge in [-0.1, -0.05) is 178 Å². The molecule has 0 fully saturated rings. The summed E-state index contributed by atoms with van der Waals surface area (Å²) in [5.41, 5.74) is 24.3. The first-order valence-electron chi connectivity index (χ1n) is 21.1. The number of hydrogen-bond donors (Lipinski definition) is 0. The molecule has 0 bridgehead atoms. The number of hydrogen-bond acceptors (Lipinski definition) is 1. The van der Waals surface area contributed by atoms with E-state index in [1.807, 2.05) is 0 Å². The molecule has 1 heteroatoms. The molecular formula is C58H43N. The maximum atomic E-state index is 2.54. The normalized spacial score (nSPS) is 17.3. The van der Waals surface area contributed by atoms with Gasteiger partial charge in [-0.15, -0.1) is 0 Å². The zero-order valence-electron chi connectivity index (χ0n) is 33.4. The fourth-order valence-corrected chi connectivity index (χ4v) is 11.1. The maximum Gasteiger partial charge on any atom is 0.0723 e. The SMILES string of the molecule is CC1(C)c2ccccc2-c2ccc(N(c3ccc(-c4ccccc4)cc3)c3cccc4c3-c3ccc(-c5ccccc5)cc3C43C4=C(CCC=C4)c4ccccc43)cc21. The van der Waals surface area contributed by atoms with Crippen LogP contribution in [0, 0.1) is 0 Å². The first-order valence-corrected chi connectivity index (χ1v) is 21.1. The summed E-state index contributed by atoms with van der Waals surface area (Å²) >= 11 is 0. The summed E-state index contributed by atoms with van der Waals surface area (Å²) in [4.78, 5) is 2.54. The quantitative estimate of drug-likeness (QED) is 0.169. The van der Waals surface area contributed by atoms with Gasteiger partial charge in [0, 0.05) is 22.4 Å². The fourth-order valence-electron chi connectivity index (χ4n) is 11.1. The smallest absolute Gasteiger partial charge is 0.0723 e. The van der Waals surface area contributed by atoms with Gasteiger partial charge in [0.25, 0.3) is 0 Å². The van der Waals surface area contributed by atoms with Crippen LogP contribution in [0.1, 0.15) is 60.1 Å². The van der Waals surface area contributed by atoms with Crippen molar-refractivity contribution in [3.8, 4) is 44.5 Å². The van der Waals surface area contributed by atoms with Gasteiger partial charge in [-0.2, -0.15) is 0 Å². The highest BCUT2D eigenvalue weighted by atomic mass is 15.1. The van der Waals surface area contributed by atoms with E-state index in [2.05, 4.69) is 219 Å². The first-order chi connectivity index (χ1) is 29.0. The van der Waals surface area contributed by atoms with Gasteiger partial charge in [-0.25, -0.2) is 0 Å². The molecule has 12 rings (SSSR count). The average Bonchev–Trinajstić information content (AvgIpc) is 3.86. The van der Waals surface area contributed by atoms with Crippen LogP contribution < -0.4 is 4.90 Å². The molecule has 0 radical (unpaired) electrons. The lowest BCUT2D eigenvalue weighted by atomic mass is 9.68. The van der Waals surface area contributed by atoms with E-state index in [-0.39, 0.29) is 5.41 Å². The Morgan fingerprint density at radius 2 is 1.02 bits per heavy atom. The van der Waals surface area contributed by atoms with Crippen LogP contribution in [0.2, 0.25) is 0 Å². The molecule has 0 heterocycles. The van der Waals surface area contributed by atoms with Crippen molar-refractivity contribution in [1.82, 2.24) is 0 Å². The number of nitrogens with zero attached hydrogens (tertiary/aromatic N) is 1. The minimum atomic E-state index is -0.432. The molecular weight excluding hydrogens is 711 g/mol. The van der Waals surface area contributed by atoms with E-state index in [4.69, 9.17) is 0 Å². The minimum absolute atomic E-state index is 0.127. The van der Waals surface area contributed by atoms with Gasteiger partial charge in [0.05, 0.1) is 11.1 Å². The van der Waals surface area contributed by atoms with Gasteiger partial charge in [0.2, 0.25) is 0 Å². The third-order valence-corrected chi connectivity index (χ3v) is 13.8. The second-order valence-electron chi connectivity index (χ2n) is 17.1. The summed E-state index contributed by atoms with van der Waals surface area (Å²) in [5.74, 6) is 0. The molecule has 0 aliphatic heterocycles. The fraction of sp³-hybridized carbons (Fsp3) is 0.103. The molecule has 1 unspecified atom stereocenters. The molecule has 1 nitrogen and oxygen atoms in total. The Hall–Kier alpha value is -6.96. The molecule has 1 atom stereocenters. The zero-order chi connectivity index (χ0) is 39.3. The largest absolute Gasteiger partial charge is 0.310 e. The third kappa shape index (κ3) is 4.79. The van der Waals surface area contributed by atoms with Gasteiger partial charge >= 0.3 is 0 Å². The summed E-state index contributed by atoms with van der Waals surface area (Å²) in [6, 6.07) is 70.5. The first kappa shape index (κ1) is 34.1. The van der Waals surface area contributed by atoms with Crippen LogP contribution in [0.5, 0.6) is 0 Å². The Balaban J connectivity index is 1.14. The lowest BCUT2D eigenvalue weighted by Gasteiger charge is -2.33. The summed E-state index contributed by atoms with van der Waals surface area (Å²) in [5, 5.41) is 0. The van der Waals surface area contributed by atoms with Crippen LogP contribution in [-0.2, 0) is 10.8 Å². The van der Waals surface area contributed by atoms with Gasteiger partial charge in [-0.05, 0) is 133 Å². The predicted molar refractivity (Wildman–Crippen MR) is 247 cm³/mol. The third-order valence-electron chi connectivity index (χ3n) is 13.8. The van der Waals surface area contributed by atoms with Crippen LogP contribution in [0.3, 0.4) is 0 Å². The van der Waals surface area contributed by atoms with Gasteiger partial charge in [0.1, 0.15) is 0 Å². The van der Waals surface area contributed by atoms with E-state index in [0.717, 1.165) is 24.2 Å². The molecule has 0 aromatic heterocycles. The molecule has 280 valence electrons. The monoisotopic (exact) mass is 753 g/mol. The van der Waals surface area contributed by atoms with Crippen molar-refractivity contribution in [3.05, 3.63) is 239 Å². The van der Waals surface area contributed by atoms with Crippen molar-refractivity contribution >= 4 is 22.6 Å². The minimum Gasteiger partial charge on any atom is -0.310 e. The Bertz CT molecular complexity index is 3050. The van der Waals surface area contributed by atoms with E-state index < -0.39 is 5.41 Å². The van der Waals surface area contributed by atoms with Crippen molar-refractivity contribution in [2.75, 3.05) is 4.90 Å². The van der Waals surface area contributed by atoms with Crippen LogP contribution in [-0.4, -0.2) is 0 Å². The molecule has 0 saturated carbocycles. The van der Waals surface area contributed by atoms with Crippen LogP contribution in [0.15, 0.2) is 206 Å². The molecule has 4 aliphatic carbocycles. The topological polar surface area (TPSA) is 3.24 Å². The van der Waals surface area contributed by atoms with Gasteiger partial charge in [0.15, 0.2) is 0 Å². The Morgan fingerprint density at radius 1 is 0.424 bits per heavy atom. The van der Waals surface area contributed by atoms with Crippen molar-refractivity contribution in [1.29, 1.82) is 0 Å². The van der Waals surface area contributed by atoms with Gasteiger partial charge < -0.3 is 4.90 Å². The second-order valence-corrected chi connectivity index (χ2v) is 17.1. The average molecular weight is 754 g/mol. The van der Waals surface area contributed by atoms with Crippen LogP contribution >= 0.6 is 0 Å². The summed E-state index contributed by atoms with van der Waals surface area (Å²) in [7, 11) is 0. The number of benzene rings is 8. The predicted octanol–water partition coefficient (Wildman–Crippen LogP) is 15.2. The molecule has 8 aromatic carbocycles. The molecule has 0 saturated heterocycles. The lowest BCUT2D eigenvalue weighted by Crippen LogP contribution is -2.27. The van der Waals surface area contributed by atoms with E-state index >= 15 is 0 Å². The summed E-state index contributed by atoms with van der Waals surface area (Å²) in [6.07, 6.45) is 6.98. The van der Waals surface area contributed by atoms with E-state index in [1.54, 1.807) is 0 Å². The molecule has 0 N–H and O–H groups in total. The second kappa shape index (κ2) is 12.8. The van der Waals surface area contributed by atoms with Gasteiger partial charge in [-0.3, -0.25) is 0 Å². The highest BCUT2D eigenvalue weighted by molar-refractivity contribution is 6.02. The number of fused-ring (bicyclic) bond motifs is 12. The highest BCUT2D eigenvalue weighted by Gasteiger charge is 2.53. The molecule has 0 amide bonds. The van der Waals surface area contributed by atoms with Crippen molar-refractivity contribution in [2.24, 2.45) is 0 Å². The van der Waals surface area contributed by atoms with E-state index in [0.29, 0.717) is 0 Å². The summed E-state index contributed by atoms with van der Waals surface area (Å²) in [6.45, 7) is 4.76. The van der Waals surface area contributed by atoms with Crippen molar-refractivity contribution < 1.29 is 0 Å². The Labute approximate surface area is 347 Å². The zero-order valence-corrected chi connectivity index (χ0v) is 33.4. The van der Waals surface area contributed by atoms with Crippen molar-refractivity contribution in [3.63, 3.8) is 0 Å². The number of rotatable bonds is 5. The standard InChI is InChI=1S/C58H43N/c1-57(2)49-23-12-9-20-44(49)47-35-33-43(37-53(47)57)59(42-31-28-40(29-32-42)38-16-5-3-6-17-38)55-27-15-26-52-56(55)48-34-30-41(39-18-7-4-8-19-39)36-54(48)58(52)50-24-13-10-21-45(50)46-22-11-14-25-51(46)58/h3-10,12-21,23-37H,11,22H2,1-2H3. The Kier molecular flexibility index (Phi) is 7.38. The van der Waals surface area contributed by atoms with Crippen LogP contribution in [0.25, 0.3) is 50.1 Å². The summed E-state index contributed by atoms with van der Waals surface area (Å²) < 4.78 is 0. The van der Waals surface area contributed by atoms with E-state index in [9.17, 15) is 0 Å². The van der Waals surface area contributed by atoms with E-state index in [1.165, 1.54) is 94.7 Å². The number of allylic oxidation sites excluding steroid dienone is 4. The van der Waals surface area contributed by atoms with Crippen molar-refractivity contribution in [2.45, 2.75) is 37.5 Å².